The van der Waals surface area contributed by atoms with Crippen molar-refractivity contribution < 1.29 is 5.11 Å². The quantitative estimate of drug-likeness (QED) is 0.770. The number of anilines is 1. The molecule has 2 N–H and O–H groups in total. The zero-order chi connectivity index (χ0) is 15.5. The second-order valence-corrected chi connectivity index (χ2v) is 5.53. The van der Waals surface area contributed by atoms with Crippen LogP contribution in [0.2, 0.25) is 5.02 Å². The van der Waals surface area contributed by atoms with Crippen LogP contribution in [0.25, 0.3) is 11.0 Å². The van der Waals surface area contributed by atoms with Gasteiger partial charge in [0, 0.05) is 11.6 Å². The molecule has 1 heterocycles. The van der Waals surface area contributed by atoms with Crippen LogP contribution in [0.15, 0.2) is 48.5 Å². The molecule has 3 rings (SSSR count). The second-order valence-electron chi connectivity index (χ2n) is 5.09. The Bertz CT molecular complexity index is 790. The predicted octanol–water partition coefficient (Wildman–Crippen LogP) is 3.74. The van der Waals surface area contributed by atoms with Crippen LogP contribution in [0.1, 0.15) is 17.4 Å². The Balaban J connectivity index is 1.75. The van der Waals surface area contributed by atoms with Crippen molar-refractivity contribution in [1.82, 2.24) is 9.97 Å². The minimum Gasteiger partial charge on any atom is -0.387 e. The third-order valence-corrected chi connectivity index (χ3v) is 3.71. The molecule has 0 saturated heterocycles. The van der Waals surface area contributed by atoms with Crippen molar-refractivity contribution in [3.05, 3.63) is 64.8 Å². The zero-order valence-corrected chi connectivity index (χ0v) is 12.9. The number of aliphatic hydroxyl groups excluding tert-OH is 1. The lowest BCUT2D eigenvalue weighted by molar-refractivity contribution is 0.191. The molecule has 0 radical (unpaired) electrons. The van der Waals surface area contributed by atoms with Crippen LogP contribution in [0.5, 0.6) is 0 Å². The lowest BCUT2D eigenvalue weighted by Crippen LogP contribution is -2.14. The molecule has 0 spiro atoms. The van der Waals surface area contributed by atoms with Crippen molar-refractivity contribution in [3.8, 4) is 0 Å². The van der Waals surface area contributed by atoms with E-state index in [9.17, 15) is 5.11 Å². The van der Waals surface area contributed by atoms with Gasteiger partial charge in [0.1, 0.15) is 5.82 Å². The monoisotopic (exact) mass is 313 g/mol. The van der Waals surface area contributed by atoms with E-state index in [4.69, 9.17) is 11.6 Å². The Morgan fingerprint density at radius 2 is 1.68 bits per heavy atom. The Morgan fingerprint density at radius 1 is 1.05 bits per heavy atom. The summed E-state index contributed by atoms with van der Waals surface area (Å²) < 4.78 is 0. The number of nitrogens with zero attached hydrogens (tertiary/aromatic N) is 2. The number of para-hydroxylation sites is 2. The van der Waals surface area contributed by atoms with E-state index in [2.05, 4.69) is 15.3 Å². The highest BCUT2D eigenvalue weighted by atomic mass is 35.5. The van der Waals surface area contributed by atoms with E-state index in [-0.39, 0.29) is 0 Å². The van der Waals surface area contributed by atoms with Crippen LogP contribution in [0.4, 0.5) is 5.82 Å². The Labute approximate surface area is 133 Å². The smallest absolute Gasteiger partial charge is 0.148 e. The SMILES string of the molecule is Cc1nc2ccccc2nc1NC[C@H](O)c1ccc(Cl)cc1. The first-order valence-electron chi connectivity index (χ1n) is 7.04. The molecule has 2 aromatic carbocycles. The van der Waals surface area contributed by atoms with Crippen molar-refractivity contribution >= 4 is 28.5 Å². The summed E-state index contributed by atoms with van der Waals surface area (Å²) in [4.78, 5) is 9.06. The van der Waals surface area contributed by atoms with Crippen LogP contribution >= 0.6 is 11.6 Å². The van der Waals surface area contributed by atoms with Crippen LogP contribution in [0, 0.1) is 6.92 Å². The Kier molecular flexibility index (Phi) is 4.22. The van der Waals surface area contributed by atoms with E-state index in [1.807, 2.05) is 43.3 Å². The highest BCUT2D eigenvalue weighted by Gasteiger charge is 2.10. The maximum Gasteiger partial charge on any atom is 0.148 e. The number of benzene rings is 2. The third kappa shape index (κ3) is 3.18. The first-order valence-corrected chi connectivity index (χ1v) is 7.42. The number of aliphatic hydroxyl groups is 1. The molecule has 0 fully saturated rings. The first kappa shape index (κ1) is 14.8. The molecule has 112 valence electrons. The predicted molar refractivity (Wildman–Crippen MR) is 89.2 cm³/mol. The van der Waals surface area contributed by atoms with Gasteiger partial charge in [-0.1, -0.05) is 35.9 Å². The molecule has 0 saturated carbocycles. The molecule has 0 bridgehead atoms. The Hall–Kier alpha value is -2.17. The van der Waals surface area contributed by atoms with Gasteiger partial charge in [-0.2, -0.15) is 0 Å². The number of aromatic nitrogens is 2. The molecule has 0 unspecified atom stereocenters. The number of hydrogen-bond donors (Lipinski definition) is 2. The van der Waals surface area contributed by atoms with Gasteiger partial charge in [0.15, 0.2) is 0 Å². The fraction of sp³-hybridized carbons (Fsp3) is 0.176. The van der Waals surface area contributed by atoms with Gasteiger partial charge in [0.2, 0.25) is 0 Å². The zero-order valence-electron chi connectivity index (χ0n) is 12.1. The van der Waals surface area contributed by atoms with Gasteiger partial charge >= 0.3 is 0 Å². The lowest BCUT2D eigenvalue weighted by Gasteiger charge is -2.14. The summed E-state index contributed by atoms with van der Waals surface area (Å²) in [6, 6.07) is 14.9. The van der Waals surface area contributed by atoms with Crippen LogP contribution in [-0.4, -0.2) is 21.6 Å². The molecule has 0 amide bonds. The molecule has 0 aliphatic carbocycles. The van der Waals surface area contributed by atoms with Crippen LogP contribution in [-0.2, 0) is 0 Å². The number of nitrogens with one attached hydrogen (secondary N) is 1. The number of hydrogen-bond acceptors (Lipinski definition) is 4. The summed E-state index contributed by atoms with van der Waals surface area (Å²) in [5.41, 5.74) is 3.31. The fourth-order valence-corrected chi connectivity index (χ4v) is 2.38. The van der Waals surface area contributed by atoms with Crippen LogP contribution in [0.3, 0.4) is 0 Å². The largest absolute Gasteiger partial charge is 0.387 e. The number of fused-ring (bicyclic) bond motifs is 1. The number of halogens is 1. The molecular formula is C17H16ClN3O. The maximum absolute atomic E-state index is 10.2. The minimum atomic E-state index is -0.634. The van der Waals surface area contributed by atoms with Gasteiger partial charge < -0.3 is 10.4 Å². The van der Waals surface area contributed by atoms with Crippen molar-refractivity contribution in [2.45, 2.75) is 13.0 Å². The molecule has 5 heteroatoms. The van der Waals surface area contributed by atoms with Crippen LogP contribution < -0.4 is 5.32 Å². The van der Waals surface area contributed by atoms with Gasteiger partial charge in [-0.05, 0) is 36.8 Å². The van der Waals surface area contributed by atoms with Crippen molar-refractivity contribution in [3.63, 3.8) is 0 Å². The van der Waals surface area contributed by atoms with Crippen molar-refractivity contribution in [2.24, 2.45) is 0 Å². The molecular weight excluding hydrogens is 298 g/mol. The molecule has 22 heavy (non-hydrogen) atoms. The number of aryl methyl sites for hydroxylation is 1. The summed E-state index contributed by atoms with van der Waals surface area (Å²) in [5, 5.41) is 14.0. The summed E-state index contributed by atoms with van der Waals surface area (Å²) in [7, 11) is 0. The summed E-state index contributed by atoms with van der Waals surface area (Å²) >= 11 is 5.85. The average molecular weight is 314 g/mol. The second kappa shape index (κ2) is 6.30. The van der Waals surface area contributed by atoms with Gasteiger partial charge in [0.25, 0.3) is 0 Å². The average Bonchev–Trinajstić information content (AvgIpc) is 2.53. The standard InChI is InChI=1S/C17H16ClN3O/c1-11-17(21-15-5-3-2-4-14(15)20-11)19-10-16(22)12-6-8-13(18)9-7-12/h2-9,16,22H,10H2,1H3,(H,19,21)/t16-/m0/s1. The lowest BCUT2D eigenvalue weighted by atomic mass is 10.1. The van der Waals surface area contributed by atoms with E-state index < -0.39 is 6.10 Å². The van der Waals surface area contributed by atoms with Crippen molar-refractivity contribution in [2.75, 3.05) is 11.9 Å². The summed E-state index contributed by atoms with van der Waals surface area (Å²) in [6.07, 6.45) is -0.634. The van der Waals surface area contributed by atoms with Gasteiger partial charge in [-0.15, -0.1) is 0 Å². The molecule has 1 aromatic heterocycles. The minimum absolute atomic E-state index is 0.357. The molecule has 0 aliphatic heterocycles. The Morgan fingerprint density at radius 3 is 2.36 bits per heavy atom. The molecule has 3 aromatic rings. The highest BCUT2D eigenvalue weighted by molar-refractivity contribution is 6.30. The topological polar surface area (TPSA) is 58.0 Å². The summed E-state index contributed by atoms with van der Waals surface area (Å²) in [5.74, 6) is 0.687. The highest BCUT2D eigenvalue weighted by Crippen LogP contribution is 2.19. The molecule has 0 aliphatic rings. The molecule has 1 atom stereocenters. The van der Waals surface area contributed by atoms with E-state index in [1.165, 1.54) is 0 Å². The summed E-state index contributed by atoms with van der Waals surface area (Å²) in [6.45, 7) is 2.26. The van der Waals surface area contributed by atoms with E-state index in [1.54, 1.807) is 12.1 Å². The van der Waals surface area contributed by atoms with Crippen molar-refractivity contribution in [1.29, 1.82) is 0 Å². The first-order chi connectivity index (χ1) is 10.6. The van der Waals surface area contributed by atoms with E-state index in [0.29, 0.717) is 17.4 Å². The van der Waals surface area contributed by atoms with Gasteiger partial charge in [-0.25, -0.2) is 9.97 Å². The van der Waals surface area contributed by atoms with Gasteiger partial charge in [0.05, 0.1) is 22.8 Å². The fourth-order valence-electron chi connectivity index (χ4n) is 2.25. The molecule has 4 nitrogen and oxygen atoms in total. The number of rotatable bonds is 4. The van der Waals surface area contributed by atoms with E-state index in [0.717, 1.165) is 22.3 Å². The maximum atomic E-state index is 10.2. The third-order valence-electron chi connectivity index (χ3n) is 3.46. The normalized spacial score (nSPS) is 12.3. The van der Waals surface area contributed by atoms with E-state index >= 15 is 0 Å². The van der Waals surface area contributed by atoms with Gasteiger partial charge in [-0.3, -0.25) is 0 Å².